The molecule has 0 aliphatic rings. The van der Waals surface area contributed by atoms with Crippen molar-refractivity contribution >= 4 is 33.0 Å². The minimum atomic E-state index is 0.754. The summed E-state index contributed by atoms with van der Waals surface area (Å²) < 4.78 is 1.08. The molecule has 0 amide bonds. The molecule has 0 aromatic heterocycles. The molecule has 0 atom stereocenters. The van der Waals surface area contributed by atoms with Gasteiger partial charge in [-0.25, -0.2) is 0 Å². The second-order valence-electron chi connectivity index (χ2n) is 3.67. The maximum absolute atomic E-state index is 5.88. The highest BCUT2D eigenvalue weighted by atomic mass is 79.9. The monoisotopic (exact) mass is 276 g/mol. The molecule has 2 rings (SSSR count). The van der Waals surface area contributed by atoms with Crippen molar-refractivity contribution in [2.75, 3.05) is 11.1 Å². The Morgan fingerprint density at radius 3 is 2.50 bits per heavy atom. The van der Waals surface area contributed by atoms with Gasteiger partial charge in [0.25, 0.3) is 0 Å². The van der Waals surface area contributed by atoms with Crippen LogP contribution in [0.5, 0.6) is 0 Å². The molecule has 0 spiro atoms. The summed E-state index contributed by atoms with van der Waals surface area (Å²) in [6, 6.07) is 13.9. The third-order valence-corrected chi connectivity index (χ3v) is 2.91. The molecule has 0 radical (unpaired) electrons. The van der Waals surface area contributed by atoms with E-state index in [1.807, 2.05) is 36.4 Å². The molecule has 82 valence electrons. The lowest BCUT2D eigenvalue weighted by Crippen LogP contribution is -1.97. The summed E-state index contributed by atoms with van der Waals surface area (Å²) in [5.74, 6) is 0. The van der Waals surface area contributed by atoms with E-state index in [9.17, 15) is 0 Å². The van der Waals surface area contributed by atoms with Crippen molar-refractivity contribution in [3.8, 4) is 0 Å². The number of hydrogen-bond donors (Lipinski definition) is 2. The minimum Gasteiger partial charge on any atom is -0.397 e. The largest absolute Gasteiger partial charge is 0.397 e. The fourth-order valence-corrected chi connectivity index (χ4v) is 2.00. The highest BCUT2D eigenvalue weighted by Gasteiger charge is 2.01. The number of hydrogen-bond acceptors (Lipinski definition) is 2. The zero-order valence-corrected chi connectivity index (χ0v) is 10.6. The van der Waals surface area contributed by atoms with E-state index in [1.54, 1.807) is 0 Å². The van der Waals surface area contributed by atoms with Crippen molar-refractivity contribution in [3.63, 3.8) is 0 Å². The molecule has 0 saturated heterocycles. The highest BCUT2D eigenvalue weighted by Crippen LogP contribution is 2.26. The van der Waals surface area contributed by atoms with Gasteiger partial charge in [-0.05, 0) is 42.8 Å². The fraction of sp³-hybridized carbons (Fsp3) is 0.0769. The predicted octanol–water partition coefficient (Wildman–Crippen LogP) is 4.08. The average Bonchev–Trinajstić information content (AvgIpc) is 2.25. The Kier molecular flexibility index (Phi) is 3.15. The van der Waals surface area contributed by atoms with E-state index in [0.717, 1.165) is 21.5 Å². The Hall–Kier alpha value is -1.48. The second kappa shape index (κ2) is 4.58. The summed E-state index contributed by atoms with van der Waals surface area (Å²) in [6.45, 7) is 2.06. The van der Waals surface area contributed by atoms with Crippen LogP contribution in [0.4, 0.5) is 17.1 Å². The van der Waals surface area contributed by atoms with Crippen LogP contribution >= 0.6 is 15.9 Å². The first-order valence-electron chi connectivity index (χ1n) is 5.04. The lowest BCUT2D eigenvalue weighted by atomic mass is 10.2. The summed E-state index contributed by atoms with van der Waals surface area (Å²) in [7, 11) is 0. The van der Waals surface area contributed by atoms with Crippen LogP contribution in [0.3, 0.4) is 0 Å². The van der Waals surface area contributed by atoms with E-state index < -0.39 is 0 Å². The summed E-state index contributed by atoms with van der Waals surface area (Å²) in [5.41, 5.74) is 9.82. The zero-order chi connectivity index (χ0) is 11.5. The van der Waals surface area contributed by atoms with Gasteiger partial charge in [0.05, 0.1) is 11.4 Å². The number of halogens is 1. The van der Waals surface area contributed by atoms with Crippen molar-refractivity contribution in [2.24, 2.45) is 0 Å². The topological polar surface area (TPSA) is 38.0 Å². The molecule has 2 nitrogen and oxygen atoms in total. The van der Waals surface area contributed by atoms with Crippen LogP contribution in [0, 0.1) is 6.92 Å². The lowest BCUT2D eigenvalue weighted by Gasteiger charge is -2.11. The smallest absolute Gasteiger partial charge is 0.0617 e. The van der Waals surface area contributed by atoms with Crippen LogP contribution in [-0.4, -0.2) is 0 Å². The number of rotatable bonds is 2. The van der Waals surface area contributed by atoms with E-state index in [0.29, 0.717) is 0 Å². The van der Waals surface area contributed by atoms with Gasteiger partial charge in [-0.1, -0.05) is 28.1 Å². The van der Waals surface area contributed by atoms with Gasteiger partial charge in [0.1, 0.15) is 0 Å². The molecular weight excluding hydrogens is 264 g/mol. The minimum absolute atomic E-state index is 0.754. The third-order valence-electron chi connectivity index (χ3n) is 2.42. The Bertz CT molecular complexity index is 509. The van der Waals surface area contributed by atoms with Gasteiger partial charge in [0.2, 0.25) is 0 Å². The molecule has 0 heterocycles. The van der Waals surface area contributed by atoms with E-state index in [-0.39, 0.29) is 0 Å². The van der Waals surface area contributed by atoms with Crippen molar-refractivity contribution in [3.05, 3.63) is 52.5 Å². The lowest BCUT2D eigenvalue weighted by molar-refractivity contribution is 1.42. The van der Waals surface area contributed by atoms with Crippen molar-refractivity contribution < 1.29 is 0 Å². The van der Waals surface area contributed by atoms with Crippen LogP contribution in [0.15, 0.2) is 46.9 Å². The number of para-hydroxylation sites is 2. The van der Waals surface area contributed by atoms with Crippen molar-refractivity contribution in [2.45, 2.75) is 6.92 Å². The van der Waals surface area contributed by atoms with Gasteiger partial charge in [0.15, 0.2) is 0 Å². The summed E-state index contributed by atoms with van der Waals surface area (Å²) >= 11 is 3.44. The Labute approximate surface area is 104 Å². The molecule has 0 aliphatic carbocycles. The third kappa shape index (κ3) is 2.36. The van der Waals surface area contributed by atoms with Crippen LogP contribution in [0.2, 0.25) is 0 Å². The molecule has 0 unspecified atom stereocenters. The molecule has 0 bridgehead atoms. The van der Waals surface area contributed by atoms with E-state index in [1.165, 1.54) is 5.56 Å². The molecule has 2 aromatic carbocycles. The van der Waals surface area contributed by atoms with Crippen molar-refractivity contribution in [1.29, 1.82) is 0 Å². The Morgan fingerprint density at radius 2 is 1.81 bits per heavy atom. The zero-order valence-electron chi connectivity index (χ0n) is 9.00. The number of nitrogens with one attached hydrogen (secondary N) is 1. The maximum Gasteiger partial charge on any atom is 0.0617 e. The molecule has 3 heteroatoms. The fourth-order valence-electron chi connectivity index (χ4n) is 1.52. The number of aryl methyl sites for hydroxylation is 1. The molecule has 0 saturated carbocycles. The Balaban J connectivity index is 2.31. The molecule has 2 aromatic rings. The summed E-state index contributed by atoms with van der Waals surface area (Å²) in [6.07, 6.45) is 0. The Morgan fingerprint density at radius 1 is 1.06 bits per heavy atom. The summed E-state index contributed by atoms with van der Waals surface area (Å²) in [5, 5.41) is 3.32. The van der Waals surface area contributed by atoms with Gasteiger partial charge in [0, 0.05) is 10.2 Å². The van der Waals surface area contributed by atoms with Gasteiger partial charge >= 0.3 is 0 Å². The molecule has 0 aliphatic heterocycles. The summed E-state index contributed by atoms with van der Waals surface area (Å²) in [4.78, 5) is 0. The van der Waals surface area contributed by atoms with E-state index in [2.05, 4.69) is 34.2 Å². The predicted molar refractivity (Wildman–Crippen MR) is 73.0 cm³/mol. The van der Waals surface area contributed by atoms with Gasteiger partial charge in [-0.2, -0.15) is 0 Å². The average molecular weight is 277 g/mol. The molecule has 3 N–H and O–H groups in total. The SMILES string of the molecule is Cc1cc(Br)ccc1Nc1ccccc1N. The van der Waals surface area contributed by atoms with Gasteiger partial charge in [-0.15, -0.1) is 0 Å². The van der Waals surface area contributed by atoms with Crippen LogP contribution in [-0.2, 0) is 0 Å². The van der Waals surface area contributed by atoms with E-state index >= 15 is 0 Å². The van der Waals surface area contributed by atoms with Crippen molar-refractivity contribution in [1.82, 2.24) is 0 Å². The van der Waals surface area contributed by atoms with E-state index in [4.69, 9.17) is 5.73 Å². The van der Waals surface area contributed by atoms with Crippen LogP contribution in [0.25, 0.3) is 0 Å². The van der Waals surface area contributed by atoms with Gasteiger partial charge in [-0.3, -0.25) is 0 Å². The van der Waals surface area contributed by atoms with Gasteiger partial charge < -0.3 is 11.1 Å². The number of benzene rings is 2. The standard InChI is InChI=1S/C13H13BrN2/c1-9-8-10(14)6-7-12(9)16-13-5-3-2-4-11(13)15/h2-8,16H,15H2,1H3. The van der Waals surface area contributed by atoms with Crippen LogP contribution < -0.4 is 11.1 Å². The number of anilines is 3. The first-order valence-corrected chi connectivity index (χ1v) is 5.84. The molecule has 16 heavy (non-hydrogen) atoms. The second-order valence-corrected chi connectivity index (χ2v) is 4.59. The maximum atomic E-state index is 5.88. The normalized spacial score (nSPS) is 10.1. The van der Waals surface area contributed by atoms with Crippen LogP contribution in [0.1, 0.15) is 5.56 Å². The first-order chi connectivity index (χ1) is 7.66. The number of nitrogens with two attached hydrogens (primary N) is 1. The molecular formula is C13H13BrN2. The quantitative estimate of drug-likeness (QED) is 0.811. The highest BCUT2D eigenvalue weighted by molar-refractivity contribution is 9.10. The molecule has 0 fully saturated rings. The number of nitrogen functional groups attached to an aromatic ring is 1. The first kappa shape index (κ1) is 11.0.